The first-order chi connectivity index (χ1) is 19.8. The van der Waals surface area contributed by atoms with Gasteiger partial charge >= 0.3 is 18.4 Å². The van der Waals surface area contributed by atoms with E-state index in [9.17, 15) is 36.3 Å². The van der Waals surface area contributed by atoms with Crippen molar-refractivity contribution in [2.75, 3.05) is 13.7 Å². The monoisotopic (exact) mass is 616 g/mol. The van der Waals surface area contributed by atoms with Crippen molar-refractivity contribution in [3.8, 4) is 0 Å². The molecule has 1 fully saturated rings. The minimum absolute atomic E-state index is 0.0305. The molecule has 0 aromatic heterocycles. The van der Waals surface area contributed by atoms with Gasteiger partial charge in [0.25, 0.3) is 0 Å². The second-order valence-electron chi connectivity index (χ2n) is 12.2. The summed E-state index contributed by atoms with van der Waals surface area (Å²) in [6, 6.07) is 0.304. The summed E-state index contributed by atoms with van der Waals surface area (Å²) in [7, 11) is 1.44. The van der Waals surface area contributed by atoms with Crippen LogP contribution in [0.1, 0.15) is 83.6 Å². The molecular weight excluding hydrogens is 578 g/mol. The van der Waals surface area contributed by atoms with Gasteiger partial charge in [-0.1, -0.05) is 44.5 Å². The Bertz CT molecular complexity index is 1310. The molecule has 1 amide bonds. The van der Waals surface area contributed by atoms with E-state index in [2.05, 4.69) is 5.16 Å². The molecule has 1 saturated heterocycles. The molecule has 3 rings (SSSR count). The number of benzene rings is 1. The molecule has 0 bridgehead atoms. The average Bonchev–Trinajstić information content (AvgIpc) is 3.18. The van der Waals surface area contributed by atoms with E-state index in [1.807, 2.05) is 40.7 Å². The molecule has 43 heavy (non-hydrogen) atoms. The van der Waals surface area contributed by atoms with Gasteiger partial charge in [-0.2, -0.15) is 26.3 Å². The molecule has 0 radical (unpaired) electrons. The zero-order valence-corrected chi connectivity index (χ0v) is 25.3. The van der Waals surface area contributed by atoms with Gasteiger partial charge in [0, 0.05) is 6.54 Å². The van der Waals surface area contributed by atoms with Gasteiger partial charge in [-0.25, -0.2) is 4.79 Å². The molecular formula is C31H38F6N2O4. The van der Waals surface area contributed by atoms with Crippen LogP contribution >= 0.6 is 0 Å². The highest BCUT2D eigenvalue weighted by molar-refractivity contribution is 6.11. The number of oxime groups is 1. The van der Waals surface area contributed by atoms with E-state index in [0.29, 0.717) is 36.3 Å². The summed E-state index contributed by atoms with van der Waals surface area (Å²) >= 11 is 0. The fourth-order valence-electron chi connectivity index (χ4n) is 5.26. The Morgan fingerprint density at radius 2 is 1.72 bits per heavy atom. The fraction of sp³-hybridized carbons (Fsp3) is 0.548. The van der Waals surface area contributed by atoms with E-state index in [1.165, 1.54) is 18.9 Å². The molecule has 12 heteroatoms. The van der Waals surface area contributed by atoms with Crippen LogP contribution in [0.25, 0.3) is 0 Å². The Labute approximate surface area is 247 Å². The van der Waals surface area contributed by atoms with E-state index in [-0.39, 0.29) is 29.7 Å². The lowest BCUT2D eigenvalue weighted by Gasteiger charge is -2.35. The van der Waals surface area contributed by atoms with Crippen LogP contribution < -0.4 is 0 Å². The van der Waals surface area contributed by atoms with Crippen molar-refractivity contribution in [1.29, 1.82) is 0 Å². The maximum Gasteiger partial charge on any atom is 0.416 e. The molecule has 0 unspecified atom stereocenters. The lowest BCUT2D eigenvalue weighted by Crippen LogP contribution is -2.36. The summed E-state index contributed by atoms with van der Waals surface area (Å²) in [4.78, 5) is 14.3. The van der Waals surface area contributed by atoms with Crippen molar-refractivity contribution >= 4 is 11.8 Å². The number of carbonyl (C=O) groups excluding carboxylic acids is 1. The van der Waals surface area contributed by atoms with E-state index >= 15 is 0 Å². The quantitative estimate of drug-likeness (QED) is 0.0790. The summed E-state index contributed by atoms with van der Waals surface area (Å²) in [6.45, 7) is 11.6. The minimum atomic E-state index is -5.04. The summed E-state index contributed by atoms with van der Waals surface area (Å²) in [5, 5.41) is 13.6. The average molecular weight is 617 g/mol. The Morgan fingerprint density at radius 1 is 1.14 bits per heavy atom. The highest BCUT2D eigenvalue weighted by Gasteiger charge is 2.44. The predicted octanol–water partition coefficient (Wildman–Crippen LogP) is 9.08. The number of rotatable bonds is 8. The van der Waals surface area contributed by atoms with Crippen LogP contribution in [-0.2, 0) is 21.8 Å². The molecule has 1 aliphatic carbocycles. The molecule has 0 spiro atoms. The van der Waals surface area contributed by atoms with Gasteiger partial charge in [-0.05, 0) is 85.4 Å². The third kappa shape index (κ3) is 7.94. The van der Waals surface area contributed by atoms with Crippen LogP contribution in [0.15, 0.2) is 58.0 Å². The third-order valence-electron chi connectivity index (χ3n) is 8.11. The van der Waals surface area contributed by atoms with Crippen LogP contribution in [0.3, 0.4) is 0 Å². The minimum Gasteiger partial charge on any atom is -0.494 e. The second kappa shape index (κ2) is 12.7. The van der Waals surface area contributed by atoms with Gasteiger partial charge in [0.2, 0.25) is 0 Å². The molecule has 238 valence electrons. The smallest absolute Gasteiger partial charge is 0.416 e. The SMILES string of the molecule is COC(=C/C=C(\C)C(C)C)/C(=N/O)C1=C(CN2C(=O)O[C@H](c3cc(C(F)(F)F)cc(C(F)(F)F)c3)[C@@H]2C)CC(C)(C)CC1. The summed E-state index contributed by atoms with van der Waals surface area (Å²) < 4.78 is 91.9. The second-order valence-corrected chi connectivity index (χ2v) is 12.2. The first kappa shape index (κ1) is 34.1. The molecule has 2 aliphatic rings. The number of halogens is 6. The van der Waals surface area contributed by atoms with Crippen LogP contribution in [0.4, 0.5) is 31.1 Å². The van der Waals surface area contributed by atoms with Crippen molar-refractivity contribution in [2.45, 2.75) is 85.3 Å². The van der Waals surface area contributed by atoms with Crippen molar-refractivity contribution in [3.63, 3.8) is 0 Å². The van der Waals surface area contributed by atoms with Crippen LogP contribution in [-0.4, -0.2) is 41.6 Å². The Kier molecular flexibility index (Phi) is 10.0. The molecule has 1 heterocycles. The molecule has 0 saturated carbocycles. The highest BCUT2D eigenvalue weighted by Crippen LogP contribution is 2.44. The fourth-order valence-corrected chi connectivity index (χ4v) is 5.26. The predicted molar refractivity (Wildman–Crippen MR) is 149 cm³/mol. The molecule has 1 aliphatic heterocycles. The van der Waals surface area contributed by atoms with Gasteiger partial charge in [0.15, 0.2) is 0 Å². The van der Waals surface area contributed by atoms with E-state index in [4.69, 9.17) is 9.47 Å². The highest BCUT2D eigenvalue weighted by atomic mass is 19.4. The number of methoxy groups -OCH3 is 1. The Hall–Kier alpha value is -3.44. The third-order valence-corrected chi connectivity index (χ3v) is 8.11. The van der Waals surface area contributed by atoms with Crippen molar-refractivity contribution in [1.82, 2.24) is 4.90 Å². The lowest BCUT2D eigenvalue weighted by atomic mass is 9.73. The van der Waals surface area contributed by atoms with E-state index < -0.39 is 47.3 Å². The van der Waals surface area contributed by atoms with Crippen molar-refractivity contribution in [2.24, 2.45) is 16.5 Å². The number of alkyl halides is 6. The van der Waals surface area contributed by atoms with Gasteiger partial charge in [0.1, 0.15) is 17.6 Å². The number of hydrogen-bond acceptors (Lipinski definition) is 5. The van der Waals surface area contributed by atoms with Gasteiger partial charge in [-0.15, -0.1) is 0 Å². The molecule has 2 atom stereocenters. The standard InChI is InChI=1S/C31H38F6N2O4/c1-17(2)18(3)8-9-25(42-7)26(38-41)24-10-11-29(5,6)15-21(24)16-39-19(4)27(43-28(39)40)20-12-22(30(32,33)34)14-23(13-20)31(35,36)37/h8-9,12-14,17,19,27,41H,10-11,15-16H2,1-7H3/b18-8+,25-9+,38-26+/t19-,27-/m0/s1. The zero-order chi connectivity index (χ0) is 32.5. The molecule has 6 nitrogen and oxygen atoms in total. The van der Waals surface area contributed by atoms with Crippen molar-refractivity contribution in [3.05, 3.63) is 69.5 Å². The van der Waals surface area contributed by atoms with Crippen LogP contribution in [0.5, 0.6) is 0 Å². The van der Waals surface area contributed by atoms with Gasteiger partial charge < -0.3 is 14.7 Å². The Balaban J connectivity index is 2.04. The maximum atomic E-state index is 13.5. The van der Waals surface area contributed by atoms with Gasteiger partial charge in [-0.3, -0.25) is 4.90 Å². The largest absolute Gasteiger partial charge is 0.494 e. The zero-order valence-electron chi connectivity index (χ0n) is 25.3. The number of nitrogens with zero attached hydrogens (tertiary/aromatic N) is 2. The maximum absolute atomic E-state index is 13.5. The Morgan fingerprint density at radius 3 is 2.21 bits per heavy atom. The molecule has 1 aromatic rings. The topological polar surface area (TPSA) is 71.4 Å². The number of carbonyl (C=O) groups is 1. The molecule has 1 N–H and O–H groups in total. The number of cyclic esters (lactones) is 1. The normalized spacial score (nSPS) is 22.4. The summed E-state index contributed by atoms with van der Waals surface area (Å²) in [5.74, 6) is 0.571. The lowest BCUT2D eigenvalue weighted by molar-refractivity contribution is -0.143. The van der Waals surface area contributed by atoms with E-state index in [0.717, 1.165) is 17.6 Å². The number of hydrogen-bond donors (Lipinski definition) is 1. The summed E-state index contributed by atoms with van der Waals surface area (Å²) in [6.07, 6.45) is -7.06. The summed E-state index contributed by atoms with van der Waals surface area (Å²) in [5.41, 5.74) is -0.949. The first-order valence-corrected chi connectivity index (χ1v) is 13.9. The van der Waals surface area contributed by atoms with E-state index in [1.54, 1.807) is 6.08 Å². The first-order valence-electron chi connectivity index (χ1n) is 13.9. The van der Waals surface area contributed by atoms with Crippen LogP contribution in [0.2, 0.25) is 0 Å². The van der Waals surface area contributed by atoms with Gasteiger partial charge in [0.05, 0.1) is 24.3 Å². The van der Waals surface area contributed by atoms with Crippen LogP contribution in [0, 0.1) is 11.3 Å². The number of amides is 1. The molecule has 1 aromatic carbocycles. The number of ether oxygens (including phenoxy) is 2. The number of allylic oxidation sites excluding steroid dienone is 4. The van der Waals surface area contributed by atoms with Crippen molar-refractivity contribution < 1.29 is 45.8 Å².